The van der Waals surface area contributed by atoms with Crippen LogP contribution in [0.2, 0.25) is 0 Å². The SMILES string of the molecule is [NH2-].[NH2-].[Y].[Y]. The van der Waals surface area contributed by atoms with Crippen LogP contribution in [0.25, 0.3) is 12.3 Å². The molecule has 0 bridgehead atoms. The van der Waals surface area contributed by atoms with Crippen LogP contribution in [0, 0.1) is 0 Å². The van der Waals surface area contributed by atoms with Gasteiger partial charge in [-0.15, -0.1) is 0 Å². The molecule has 0 heterocycles. The van der Waals surface area contributed by atoms with Crippen molar-refractivity contribution in [3.63, 3.8) is 0 Å². The quantitative estimate of drug-likeness (QED) is 0.580. The number of hydrogen-bond donors (Lipinski definition) is 0. The van der Waals surface area contributed by atoms with E-state index >= 15 is 0 Å². The molecule has 0 fully saturated rings. The Bertz CT molecular complexity index is 4.00. The van der Waals surface area contributed by atoms with E-state index < -0.39 is 0 Å². The molecule has 0 aromatic heterocycles. The number of hydrogen-bond acceptors (Lipinski definition) is 0. The molecule has 0 aliphatic carbocycles. The number of rotatable bonds is 0. The van der Waals surface area contributed by atoms with Crippen molar-refractivity contribution in [1.29, 1.82) is 0 Å². The van der Waals surface area contributed by atoms with Gasteiger partial charge in [0.2, 0.25) is 0 Å². The Hall–Kier alpha value is 2.13. The summed E-state index contributed by atoms with van der Waals surface area (Å²) in [5, 5.41) is 0. The van der Waals surface area contributed by atoms with Crippen LogP contribution in [0.1, 0.15) is 0 Å². The minimum absolute atomic E-state index is 0. The first-order chi connectivity index (χ1) is 0. The zero-order valence-electron chi connectivity index (χ0n) is 2.31. The van der Waals surface area contributed by atoms with Gasteiger partial charge in [0.1, 0.15) is 0 Å². The van der Waals surface area contributed by atoms with Crippen molar-refractivity contribution in [3.8, 4) is 0 Å². The number of nitrogens with two attached hydrogens (primary N) is 2. The third-order valence-corrected chi connectivity index (χ3v) is 0. The van der Waals surface area contributed by atoms with E-state index in [0.29, 0.717) is 0 Å². The molecule has 4 N–H and O–H groups in total. The molecule has 22 valence electrons. The maximum atomic E-state index is 0. The van der Waals surface area contributed by atoms with Crippen LogP contribution in [-0.4, -0.2) is 0 Å². The van der Waals surface area contributed by atoms with Crippen molar-refractivity contribution in [2.45, 2.75) is 0 Å². The van der Waals surface area contributed by atoms with Gasteiger partial charge in [-0.2, -0.15) is 0 Å². The van der Waals surface area contributed by atoms with Crippen molar-refractivity contribution >= 4 is 0 Å². The topological polar surface area (TPSA) is 67.0 Å². The van der Waals surface area contributed by atoms with Crippen molar-refractivity contribution < 1.29 is 65.4 Å². The predicted octanol–water partition coefficient (Wildman–Crippen LogP) is 1.43. The maximum Gasteiger partial charge on any atom is 0 e. The Labute approximate surface area is 76.4 Å². The third kappa shape index (κ3) is 8.92. The fraction of sp³-hybridized carbons (Fsp3) is 0. The van der Waals surface area contributed by atoms with Gasteiger partial charge < -0.3 is 12.3 Å². The van der Waals surface area contributed by atoms with Crippen molar-refractivity contribution in [3.05, 3.63) is 12.3 Å². The first kappa shape index (κ1) is 35.6. The Kier molecular flexibility index (Phi) is 172. The predicted molar refractivity (Wildman–Crippen MR) is 10.6 cm³/mol. The molecule has 0 unspecified atom stereocenters. The normalized spacial score (nSPS) is 0. The van der Waals surface area contributed by atoms with Gasteiger partial charge in [0, 0.05) is 65.4 Å². The molecule has 0 aromatic carbocycles. The molecular formula is H4N2Y2-2. The second-order valence-corrected chi connectivity index (χ2v) is 0. The summed E-state index contributed by atoms with van der Waals surface area (Å²) in [7, 11) is 0. The van der Waals surface area contributed by atoms with E-state index in [2.05, 4.69) is 0 Å². The van der Waals surface area contributed by atoms with E-state index in [1.54, 1.807) is 0 Å². The molecule has 0 rings (SSSR count). The zero-order valence-corrected chi connectivity index (χ0v) is 7.99. The molecule has 0 saturated heterocycles. The maximum absolute atomic E-state index is 0. The molecule has 2 radical (unpaired) electrons. The average Bonchev–Trinajstić information content (AvgIpc) is 0. The molecule has 4 heavy (non-hydrogen) atoms. The largest absolute Gasteiger partial charge is 0.693 e. The smallest absolute Gasteiger partial charge is 0 e. The van der Waals surface area contributed by atoms with Gasteiger partial charge >= 0.3 is 0 Å². The van der Waals surface area contributed by atoms with Gasteiger partial charge in [0.15, 0.2) is 0 Å². The van der Waals surface area contributed by atoms with Crippen LogP contribution in [0.3, 0.4) is 0 Å². The summed E-state index contributed by atoms with van der Waals surface area (Å²) in [6.07, 6.45) is 0. The van der Waals surface area contributed by atoms with Crippen molar-refractivity contribution in [2.24, 2.45) is 0 Å². The fourth-order valence-corrected chi connectivity index (χ4v) is 0. The zero-order chi connectivity index (χ0) is 0. The molecule has 0 atom stereocenters. The van der Waals surface area contributed by atoms with Crippen LogP contribution >= 0.6 is 0 Å². The van der Waals surface area contributed by atoms with Gasteiger partial charge in [-0.1, -0.05) is 0 Å². The summed E-state index contributed by atoms with van der Waals surface area (Å²) in [6, 6.07) is 0. The van der Waals surface area contributed by atoms with Gasteiger partial charge in [-0.3, -0.25) is 0 Å². The van der Waals surface area contributed by atoms with Crippen LogP contribution in [0.5, 0.6) is 0 Å². The van der Waals surface area contributed by atoms with E-state index in [1.807, 2.05) is 0 Å². The molecular weight excluding hydrogens is 206 g/mol. The molecule has 4 heteroatoms. The first-order valence-corrected chi connectivity index (χ1v) is 0. The summed E-state index contributed by atoms with van der Waals surface area (Å²) < 4.78 is 0. The Morgan fingerprint density at radius 2 is 0.500 bits per heavy atom. The first-order valence-electron chi connectivity index (χ1n) is 0. The van der Waals surface area contributed by atoms with Gasteiger partial charge in [0.25, 0.3) is 0 Å². The van der Waals surface area contributed by atoms with E-state index in [1.165, 1.54) is 0 Å². The third-order valence-electron chi connectivity index (χ3n) is 0. The van der Waals surface area contributed by atoms with E-state index in [4.69, 9.17) is 0 Å². The van der Waals surface area contributed by atoms with E-state index in [0.717, 1.165) is 0 Å². The summed E-state index contributed by atoms with van der Waals surface area (Å²) in [4.78, 5) is 0. The summed E-state index contributed by atoms with van der Waals surface area (Å²) in [5.74, 6) is 0. The second kappa shape index (κ2) is 19.3. The molecule has 2 nitrogen and oxygen atoms in total. The monoisotopic (exact) mass is 210 g/mol. The van der Waals surface area contributed by atoms with Crippen LogP contribution in [0.15, 0.2) is 0 Å². The molecule has 0 amide bonds. The second-order valence-electron chi connectivity index (χ2n) is 0. The molecule has 0 aliphatic rings. The molecule has 0 aliphatic heterocycles. The van der Waals surface area contributed by atoms with Crippen LogP contribution < -0.4 is 0 Å². The van der Waals surface area contributed by atoms with Crippen LogP contribution in [-0.2, 0) is 65.4 Å². The van der Waals surface area contributed by atoms with Gasteiger partial charge in [0.05, 0.1) is 0 Å². The van der Waals surface area contributed by atoms with Crippen molar-refractivity contribution in [1.82, 2.24) is 0 Å². The summed E-state index contributed by atoms with van der Waals surface area (Å²) >= 11 is 0. The Morgan fingerprint density at radius 1 is 0.500 bits per heavy atom. The van der Waals surface area contributed by atoms with Crippen molar-refractivity contribution in [2.75, 3.05) is 0 Å². The summed E-state index contributed by atoms with van der Waals surface area (Å²) in [6.45, 7) is 0. The minimum atomic E-state index is 0. The Balaban J connectivity index is 0. The van der Waals surface area contributed by atoms with E-state index in [9.17, 15) is 0 Å². The fourth-order valence-electron chi connectivity index (χ4n) is 0. The standard InChI is InChI=1S/2H2N.2Y/h2*1H2;;/q2*-1;;. The van der Waals surface area contributed by atoms with Gasteiger partial charge in [-0.25, -0.2) is 0 Å². The average molecular weight is 210 g/mol. The molecule has 0 aromatic rings. The van der Waals surface area contributed by atoms with Crippen LogP contribution in [0.4, 0.5) is 0 Å². The molecule has 0 saturated carbocycles. The van der Waals surface area contributed by atoms with Gasteiger partial charge in [-0.05, 0) is 0 Å². The van der Waals surface area contributed by atoms with E-state index in [-0.39, 0.29) is 77.7 Å². The summed E-state index contributed by atoms with van der Waals surface area (Å²) in [5.41, 5.74) is 0. The Morgan fingerprint density at radius 3 is 0.500 bits per heavy atom. The molecule has 0 spiro atoms. The minimum Gasteiger partial charge on any atom is -0.693 e.